The van der Waals surface area contributed by atoms with Crippen LogP contribution in [0.4, 0.5) is 5.82 Å². The zero-order valence-electron chi connectivity index (χ0n) is 10.6. The van der Waals surface area contributed by atoms with Gasteiger partial charge in [0.15, 0.2) is 0 Å². The summed E-state index contributed by atoms with van der Waals surface area (Å²) in [5, 5.41) is 14.7. The highest BCUT2D eigenvalue weighted by Crippen LogP contribution is 2.16. The lowest BCUT2D eigenvalue weighted by molar-refractivity contribution is -0.120. The van der Waals surface area contributed by atoms with Crippen molar-refractivity contribution in [3.05, 3.63) is 22.8 Å². The summed E-state index contributed by atoms with van der Waals surface area (Å²) in [7, 11) is 0. The molecule has 0 atom stereocenters. The first-order valence-electron chi connectivity index (χ1n) is 5.95. The fraction of sp³-hybridized carbons (Fsp3) is 0.417. The van der Waals surface area contributed by atoms with Crippen molar-refractivity contribution in [1.29, 1.82) is 0 Å². The van der Waals surface area contributed by atoms with Gasteiger partial charge in [0.2, 0.25) is 5.91 Å². The van der Waals surface area contributed by atoms with Crippen LogP contribution in [0.15, 0.2) is 12.1 Å². The fourth-order valence-corrected chi connectivity index (χ4v) is 1.54. The number of nitrogens with zero attached hydrogens (tertiary/aromatic N) is 1. The summed E-state index contributed by atoms with van der Waals surface area (Å²) in [6.45, 7) is 2.89. The van der Waals surface area contributed by atoms with Gasteiger partial charge in [-0.2, -0.15) is 0 Å². The molecule has 1 aromatic rings. The van der Waals surface area contributed by atoms with Crippen molar-refractivity contribution in [2.75, 3.05) is 18.4 Å². The van der Waals surface area contributed by atoms with Crippen LogP contribution in [-0.2, 0) is 4.79 Å². The van der Waals surface area contributed by atoms with Gasteiger partial charge in [0.25, 0.3) is 0 Å². The number of hydrogen-bond acceptors (Lipinski definition) is 4. The third-order valence-corrected chi connectivity index (χ3v) is 2.52. The van der Waals surface area contributed by atoms with Gasteiger partial charge in [-0.05, 0) is 18.6 Å². The minimum atomic E-state index is -1.10. The smallest absolute Gasteiger partial charge is 0.339 e. The molecule has 0 saturated heterocycles. The monoisotopic (exact) mass is 285 g/mol. The van der Waals surface area contributed by atoms with Crippen LogP contribution in [0.1, 0.15) is 30.1 Å². The summed E-state index contributed by atoms with van der Waals surface area (Å²) in [5.41, 5.74) is 0.0263. The molecule has 6 nitrogen and oxygen atoms in total. The molecule has 0 radical (unpaired) electrons. The van der Waals surface area contributed by atoms with E-state index in [0.717, 1.165) is 6.42 Å². The number of pyridine rings is 1. The number of carboxylic acid groups (broad SMARTS) is 1. The van der Waals surface area contributed by atoms with Gasteiger partial charge in [-0.15, -0.1) is 0 Å². The normalized spacial score (nSPS) is 10.0. The highest BCUT2D eigenvalue weighted by Gasteiger charge is 2.12. The van der Waals surface area contributed by atoms with Gasteiger partial charge < -0.3 is 15.7 Å². The fourth-order valence-electron chi connectivity index (χ4n) is 1.39. The van der Waals surface area contributed by atoms with Gasteiger partial charge in [0.05, 0.1) is 0 Å². The molecule has 1 heterocycles. The molecule has 19 heavy (non-hydrogen) atoms. The third-order valence-electron chi connectivity index (χ3n) is 2.31. The molecule has 0 unspecified atom stereocenters. The Morgan fingerprint density at radius 2 is 2.11 bits per heavy atom. The van der Waals surface area contributed by atoms with Crippen LogP contribution >= 0.6 is 11.6 Å². The second-order valence-corrected chi connectivity index (χ2v) is 4.25. The topological polar surface area (TPSA) is 91.3 Å². The number of carbonyl (C=O) groups is 2. The maximum atomic E-state index is 11.4. The van der Waals surface area contributed by atoms with Gasteiger partial charge in [-0.25, -0.2) is 9.78 Å². The van der Waals surface area contributed by atoms with E-state index in [1.165, 1.54) is 12.1 Å². The van der Waals surface area contributed by atoms with Crippen LogP contribution in [0.3, 0.4) is 0 Å². The van der Waals surface area contributed by atoms with Gasteiger partial charge >= 0.3 is 5.97 Å². The van der Waals surface area contributed by atoms with Crippen molar-refractivity contribution in [2.45, 2.75) is 19.8 Å². The lowest BCUT2D eigenvalue weighted by Gasteiger charge is -2.09. The minimum Gasteiger partial charge on any atom is -0.478 e. The lowest BCUT2D eigenvalue weighted by Crippen LogP contribution is -2.26. The molecule has 0 aliphatic heterocycles. The molecular formula is C12H16ClN3O3. The number of amides is 1. The van der Waals surface area contributed by atoms with E-state index in [1.807, 2.05) is 6.92 Å². The number of hydrogen-bond donors (Lipinski definition) is 3. The van der Waals surface area contributed by atoms with Crippen LogP contribution in [0.5, 0.6) is 0 Å². The zero-order valence-corrected chi connectivity index (χ0v) is 11.3. The number of rotatable bonds is 7. The van der Waals surface area contributed by atoms with E-state index < -0.39 is 5.97 Å². The molecule has 0 bridgehead atoms. The summed E-state index contributed by atoms with van der Waals surface area (Å²) in [6, 6.07) is 2.78. The molecule has 7 heteroatoms. The Balaban J connectivity index is 2.55. The van der Waals surface area contributed by atoms with Crippen LogP contribution in [0.25, 0.3) is 0 Å². The van der Waals surface area contributed by atoms with E-state index in [0.29, 0.717) is 13.1 Å². The predicted molar refractivity (Wildman–Crippen MR) is 72.6 cm³/mol. The quantitative estimate of drug-likeness (QED) is 0.664. The van der Waals surface area contributed by atoms with E-state index in [9.17, 15) is 9.59 Å². The van der Waals surface area contributed by atoms with Crippen LogP contribution in [0.2, 0.25) is 5.15 Å². The SMILES string of the molecule is CCCNC(=O)CCNc1nc(Cl)ccc1C(=O)O. The first-order valence-corrected chi connectivity index (χ1v) is 6.32. The summed E-state index contributed by atoms with van der Waals surface area (Å²) < 4.78 is 0. The third kappa shape index (κ3) is 5.13. The molecule has 0 fully saturated rings. The van der Waals surface area contributed by atoms with E-state index in [-0.39, 0.29) is 28.9 Å². The Hall–Kier alpha value is -1.82. The summed E-state index contributed by atoms with van der Waals surface area (Å²) in [6.07, 6.45) is 1.12. The van der Waals surface area contributed by atoms with E-state index in [1.54, 1.807) is 0 Å². The number of aromatic carboxylic acids is 1. The zero-order chi connectivity index (χ0) is 14.3. The van der Waals surface area contributed by atoms with Crippen molar-refractivity contribution in [2.24, 2.45) is 0 Å². The highest BCUT2D eigenvalue weighted by molar-refractivity contribution is 6.29. The number of nitrogens with one attached hydrogen (secondary N) is 2. The van der Waals surface area contributed by atoms with Crippen molar-refractivity contribution in [3.63, 3.8) is 0 Å². The van der Waals surface area contributed by atoms with Crippen molar-refractivity contribution >= 4 is 29.3 Å². The first kappa shape index (κ1) is 15.2. The second kappa shape index (κ2) is 7.58. The Morgan fingerprint density at radius 3 is 2.74 bits per heavy atom. The van der Waals surface area contributed by atoms with Gasteiger partial charge in [-0.1, -0.05) is 18.5 Å². The van der Waals surface area contributed by atoms with Gasteiger partial charge in [0, 0.05) is 19.5 Å². The van der Waals surface area contributed by atoms with Crippen molar-refractivity contribution < 1.29 is 14.7 Å². The van der Waals surface area contributed by atoms with Crippen molar-refractivity contribution in [3.8, 4) is 0 Å². The van der Waals surface area contributed by atoms with Crippen LogP contribution < -0.4 is 10.6 Å². The molecule has 1 rings (SSSR count). The maximum Gasteiger partial charge on any atom is 0.339 e. The Bertz CT molecular complexity index is 466. The van der Waals surface area contributed by atoms with Gasteiger partial charge in [-0.3, -0.25) is 4.79 Å². The predicted octanol–water partition coefficient (Wildman–Crippen LogP) is 1.76. The standard InChI is InChI=1S/C12H16ClN3O3/c1-2-6-14-10(17)5-7-15-11-8(12(18)19)3-4-9(13)16-11/h3-4H,2,5-7H2,1H3,(H,14,17)(H,15,16)(H,18,19). The summed E-state index contributed by atoms with van der Waals surface area (Å²) in [4.78, 5) is 26.2. The number of carboxylic acids is 1. The average molecular weight is 286 g/mol. The van der Waals surface area contributed by atoms with E-state index >= 15 is 0 Å². The Kier molecular flexibility index (Phi) is 6.08. The maximum absolute atomic E-state index is 11.4. The minimum absolute atomic E-state index is 0.0263. The molecule has 1 aromatic heterocycles. The lowest BCUT2D eigenvalue weighted by atomic mass is 10.2. The molecule has 0 spiro atoms. The second-order valence-electron chi connectivity index (χ2n) is 3.86. The van der Waals surface area contributed by atoms with Crippen LogP contribution in [0, 0.1) is 0 Å². The number of carbonyl (C=O) groups excluding carboxylic acids is 1. The van der Waals surface area contributed by atoms with Gasteiger partial charge in [0.1, 0.15) is 16.5 Å². The molecule has 0 aliphatic carbocycles. The average Bonchev–Trinajstić information content (AvgIpc) is 2.36. The van der Waals surface area contributed by atoms with Crippen LogP contribution in [-0.4, -0.2) is 35.1 Å². The molecule has 0 aromatic carbocycles. The molecule has 1 amide bonds. The van der Waals surface area contributed by atoms with E-state index in [4.69, 9.17) is 16.7 Å². The Morgan fingerprint density at radius 1 is 1.37 bits per heavy atom. The first-order chi connectivity index (χ1) is 9.04. The molecule has 0 aliphatic rings. The van der Waals surface area contributed by atoms with Crippen molar-refractivity contribution in [1.82, 2.24) is 10.3 Å². The number of halogens is 1. The summed E-state index contributed by atoms with van der Waals surface area (Å²) >= 11 is 5.71. The highest BCUT2D eigenvalue weighted by atomic mass is 35.5. The summed E-state index contributed by atoms with van der Waals surface area (Å²) in [5.74, 6) is -1.02. The number of anilines is 1. The number of aromatic nitrogens is 1. The Labute approximate surface area is 116 Å². The molecular weight excluding hydrogens is 270 g/mol. The van der Waals surface area contributed by atoms with E-state index in [2.05, 4.69) is 15.6 Å². The molecule has 3 N–H and O–H groups in total. The molecule has 104 valence electrons. The molecule has 0 saturated carbocycles. The largest absolute Gasteiger partial charge is 0.478 e.